The number of nitrogens with one attached hydrogen (secondary N) is 3. The van der Waals surface area contributed by atoms with Crippen LogP contribution < -0.4 is 16.2 Å². The van der Waals surface area contributed by atoms with Gasteiger partial charge in [0.05, 0.1) is 0 Å². The molecule has 0 aliphatic carbocycles. The molecule has 2 atom stereocenters. The summed E-state index contributed by atoms with van der Waals surface area (Å²) in [5.74, 6) is 0.682. The maximum Gasteiger partial charge on any atom is 0.238 e. The number of amides is 1. The second-order valence-electron chi connectivity index (χ2n) is 8.02. The maximum atomic E-state index is 12.7. The molecule has 2 fully saturated rings. The number of benzene rings is 1. The molecule has 1 aromatic rings. The van der Waals surface area contributed by atoms with Crippen molar-refractivity contribution >= 4 is 17.5 Å². The van der Waals surface area contributed by atoms with Crippen molar-refractivity contribution in [2.24, 2.45) is 5.92 Å². The zero-order valence-corrected chi connectivity index (χ0v) is 16.4. The van der Waals surface area contributed by atoms with E-state index in [2.05, 4.69) is 36.1 Å². The fourth-order valence-electron chi connectivity index (χ4n) is 4.05. The van der Waals surface area contributed by atoms with E-state index in [0.29, 0.717) is 31.7 Å². The van der Waals surface area contributed by atoms with Crippen LogP contribution in [0.3, 0.4) is 0 Å². The first-order chi connectivity index (χ1) is 12.5. The van der Waals surface area contributed by atoms with Gasteiger partial charge in [0.25, 0.3) is 0 Å². The number of halogens is 1. The van der Waals surface area contributed by atoms with E-state index in [4.69, 9.17) is 16.3 Å². The van der Waals surface area contributed by atoms with Crippen molar-refractivity contribution in [3.63, 3.8) is 0 Å². The van der Waals surface area contributed by atoms with Gasteiger partial charge in [-0.2, -0.15) is 0 Å². The molecule has 3 rings (SSSR count). The van der Waals surface area contributed by atoms with Crippen LogP contribution in [-0.2, 0) is 14.9 Å². The molecular formula is C20H30ClN3O2. The van der Waals surface area contributed by atoms with Gasteiger partial charge in [-0.3, -0.25) is 10.2 Å². The Bertz CT molecular complexity index is 617. The Hall–Kier alpha value is -1.14. The SMILES string of the molecule is CC(C)CC1CC(C(=O)NCC2(c3cccc(Cl)c3)CCOCC2)NN1. The largest absolute Gasteiger partial charge is 0.381 e. The molecular weight excluding hydrogens is 350 g/mol. The minimum atomic E-state index is -0.171. The predicted molar refractivity (Wildman–Crippen MR) is 104 cm³/mol. The van der Waals surface area contributed by atoms with E-state index in [0.717, 1.165) is 30.7 Å². The minimum Gasteiger partial charge on any atom is -0.381 e. The fourth-order valence-corrected chi connectivity index (χ4v) is 4.24. The van der Waals surface area contributed by atoms with Crippen LogP contribution in [0.1, 0.15) is 45.1 Å². The Morgan fingerprint density at radius 1 is 1.35 bits per heavy atom. The van der Waals surface area contributed by atoms with E-state index < -0.39 is 0 Å². The molecule has 1 aromatic carbocycles. The molecule has 0 spiro atoms. The smallest absolute Gasteiger partial charge is 0.238 e. The molecule has 0 bridgehead atoms. The number of hydrazine groups is 1. The lowest BCUT2D eigenvalue weighted by atomic mass is 9.74. The van der Waals surface area contributed by atoms with Crippen molar-refractivity contribution in [3.05, 3.63) is 34.9 Å². The van der Waals surface area contributed by atoms with Crippen molar-refractivity contribution in [3.8, 4) is 0 Å². The zero-order valence-electron chi connectivity index (χ0n) is 15.7. The van der Waals surface area contributed by atoms with Gasteiger partial charge in [0.1, 0.15) is 6.04 Å². The maximum absolute atomic E-state index is 12.7. The van der Waals surface area contributed by atoms with Crippen LogP contribution in [0.25, 0.3) is 0 Å². The highest BCUT2D eigenvalue weighted by molar-refractivity contribution is 6.30. The average Bonchev–Trinajstić information content (AvgIpc) is 3.08. The number of ether oxygens (including phenoxy) is 1. The molecule has 2 aliphatic rings. The van der Waals surface area contributed by atoms with Crippen LogP contribution in [0.5, 0.6) is 0 Å². The second kappa shape index (κ2) is 8.70. The van der Waals surface area contributed by atoms with Crippen molar-refractivity contribution in [1.82, 2.24) is 16.2 Å². The number of hydrogen-bond acceptors (Lipinski definition) is 4. The summed E-state index contributed by atoms with van der Waals surface area (Å²) in [5, 5.41) is 3.92. The molecule has 3 N–H and O–H groups in total. The molecule has 5 nitrogen and oxygen atoms in total. The monoisotopic (exact) mass is 379 g/mol. The summed E-state index contributed by atoms with van der Waals surface area (Å²) < 4.78 is 5.57. The van der Waals surface area contributed by atoms with Gasteiger partial charge < -0.3 is 10.1 Å². The summed E-state index contributed by atoms with van der Waals surface area (Å²) in [6, 6.07) is 8.19. The van der Waals surface area contributed by atoms with Crippen molar-refractivity contribution in [2.75, 3.05) is 19.8 Å². The Morgan fingerprint density at radius 3 is 2.81 bits per heavy atom. The third kappa shape index (κ3) is 4.77. The van der Waals surface area contributed by atoms with E-state index in [1.807, 2.05) is 18.2 Å². The highest BCUT2D eigenvalue weighted by Gasteiger charge is 2.36. The van der Waals surface area contributed by atoms with Crippen LogP contribution >= 0.6 is 11.6 Å². The van der Waals surface area contributed by atoms with Crippen LogP contribution in [0.2, 0.25) is 5.02 Å². The Balaban J connectivity index is 1.62. The van der Waals surface area contributed by atoms with E-state index in [1.54, 1.807) is 0 Å². The molecule has 6 heteroatoms. The number of carbonyl (C=O) groups excluding carboxylic acids is 1. The van der Waals surface area contributed by atoms with E-state index >= 15 is 0 Å². The van der Waals surface area contributed by atoms with Crippen LogP contribution in [0.4, 0.5) is 0 Å². The lowest BCUT2D eigenvalue weighted by Crippen LogP contribution is -2.49. The normalized spacial score (nSPS) is 25.4. The second-order valence-corrected chi connectivity index (χ2v) is 8.46. The summed E-state index contributed by atoms with van der Waals surface area (Å²) in [5.41, 5.74) is 7.49. The molecule has 0 saturated carbocycles. The zero-order chi connectivity index (χ0) is 18.6. The van der Waals surface area contributed by atoms with Crippen LogP contribution in [0, 0.1) is 5.92 Å². The van der Waals surface area contributed by atoms with Gasteiger partial charge in [0, 0.05) is 36.2 Å². The first-order valence-electron chi connectivity index (χ1n) is 9.61. The summed E-state index contributed by atoms with van der Waals surface area (Å²) >= 11 is 6.21. The Kier molecular flexibility index (Phi) is 6.56. The molecule has 2 saturated heterocycles. The summed E-state index contributed by atoms with van der Waals surface area (Å²) in [6.07, 6.45) is 3.68. The lowest BCUT2D eigenvalue weighted by Gasteiger charge is -2.38. The van der Waals surface area contributed by atoms with Gasteiger partial charge in [0.2, 0.25) is 5.91 Å². The molecule has 0 radical (unpaired) electrons. The highest BCUT2D eigenvalue weighted by Crippen LogP contribution is 2.35. The predicted octanol–water partition coefficient (Wildman–Crippen LogP) is 2.79. The molecule has 0 aromatic heterocycles. The Morgan fingerprint density at radius 2 is 2.12 bits per heavy atom. The minimum absolute atomic E-state index is 0.0663. The molecule has 2 heterocycles. The number of hydrogen-bond donors (Lipinski definition) is 3. The standard InChI is InChI=1S/C20H30ClN3O2/c1-14(2)10-17-12-18(24-23-17)19(25)22-13-20(6-8-26-9-7-20)15-4-3-5-16(21)11-15/h3-5,11,14,17-18,23-24H,6-10,12-13H2,1-2H3,(H,22,25). The number of rotatable bonds is 6. The van der Waals surface area contributed by atoms with Crippen LogP contribution in [0.15, 0.2) is 24.3 Å². The van der Waals surface area contributed by atoms with Gasteiger partial charge >= 0.3 is 0 Å². The topological polar surface area (TPSA) is 62.4 Å². The van der Waals surface area contributed by atoms with E-state index in [9.17, 15) is 4.79 Å². The van der Waals surface area contributed by atoms with Crippen molar-refractivity contribution < 1.29 is 9.53 Å². The number of carbonyl (C=O) groups is 1. The lowest BCUT2D eigenvalue weighted by molar-refractivity contribution is -0.123. The van der Waals surface area contributed by atoms with Gasteiger partial charge in [-0.15, -0.1) is 0 Å². The van der Waals surface area contributed by atoms with Crippen molar-refractivity contribution in [1.29, 1.82) is 0 Å². The van der Waals surface area contributed by atoms with Crippen molar-refractivity contribution in [2.45, 2.75) is 57.0 Å². The van der Waals surface area contributed by atoms with Gasteiger partial charge in [-0.05, 0) is 49.3 Å². The van der Waals surface area contributed by atoms with E-state index in [1.165, 1.54) is 5.56 Å². The molecule has 1 amide bonds. The first-order valence-corrected chi connectivity index (χ1v) is 9.99. The van der Waals surface area contributed by atoms with Gasteiger partial charge in [-0.1, -0.05) is 37.6 Å². The summed E-state index contributed by atoms with van der Waals surface area (Å²) in [7, 11) is 0. The van der Waals surface area contributed by atoms with Gasteiger partial charge in [0.15, 0.2) is 0 Å². The third-order valence-corrected chi connectivity index (χ3v) is 5.78. The average molecular weight is 380 g/mol. The molecule has 2 aliphatic heterocycles. The van der Waals surface area contributed by atoms with E-state index in [-0.39, 0.29) is 17.4 Å². The van der Waals surface area contributed by atoms with Gasteiger partial charge in [-0.25, -0.2) is 5.43 Å². The molecule has 144 valence electrons. The highest BCUT2D eigenvalue weighted by atomic mass is 35.5. The summed E-state index contributed by atoms with van der Waals surface area (Å²) in [4.78, 5) is 12.7. The van der Waals surface area contributed by atoms with Crippen LogP contribution in [-0.4, -0.2) is 37.7 Å². The molecule has 2 unspecified atom stereocenters. The summed E-state index contributed by atoms with van der Waals surface area (Å²) in [6.45, 7) is 6.44. The fraction of sp³-hybridized carbons (Fsp3) is 0.650. The first kappa shape index (κ1) is 19.6. The Labute approximate surface area is 161 Å². The quantitative estimate of drug-likeness (QED) is 0.711. The third-order valence-electron chi connectivity index (χ3n) is 5.54. The molecule has 26 heavy (non-hydrogen) atoms.